The standard InChI is InChI=1S/C69H107N19O21/c1-5-35(2)54(64(104)82-46(28-38-20-22-40(93)23-21-38)59(99)81-48(30-53(95)96)61(101)87-56(37(4)92)66(106)83-49(33-89)62(102)79-45(68(108)109)17-9-11-25-71)86-60(100)47(29-39-32-76-42-15-7-6-14-41(39)42)80-58(98)44(18-12-26-75-69(73)74)77-57(97)43(16-8-10-24-70)78-63(103)51-19-13-27-88(51)67(107)50(34-90)84-65(105)55(36(3)91)85-52(94)31-72/h6-7,14-15,20-23,32,35-37,43-51,54-56,76,89-93H,5,8-13,16-19,24-31,33-34,70-72H2,1-4H3,(H,77,97)(H,78,103)(H,79,102)(H,80,98)(H,81,99)(H,82,104)(H,83,106)(H,84,105)(H,85,94)(H,86,100)(H,87,101)(H,95,96)(H,108,109)(H4,73,74,75)/t35-,36+,37+,43-,44-,45-,46-,47-,48-,49-,50-,51-,54-,55-,56-/m0/s1. The van der Waals surface area contributed by atoms with Crippen LogP contribution in [0.3, 0.4) is 0 Å². The molecular weight excluding hydrogens is 1430 g/mol. The molecule has 0 bridgehead atoms. The van der Waals surface area contributed by atoms with Gasteiger partial charge in [-0.25, -0.2) is 4.79 Å². The Balaban J connectivity index is 1.70. The monoisotopic (exact) mass is 1540 g/mol. The SMILES string of the molecule is CC[C@H](C)[C@H](NC(=O)[C@H](Cc1c[nH]c2ccccc12)NC(=O)[C@H](CCCNC(=N)N)NC(=O)[C@H](CCCCN)NC(=O)[C@@H]1CCCN1C(=O)[C@H](CO)NC(=O)[C@@H](NC(=O)CN)[C@@H](C)O)C(=O)N[C@@H](Cc1ccc(O)cc1)C(=O)N[C@@H](CC(=O)O)C(=O)N[C@H](C(=O)N[C@@H](CO)C(=O)N[C@@H](CCCCN)C(=O)O)[C@@H](C)O. The Kier molecular flexibility index (Phi) is 38.2. The Morgan fingerprint density at radius 3 is 1.61 bits per heavy atom. The zero-order chi connectivity index (χ0) is 81.2. The first kappa shape index (κ1) is 90.7. The Morgan fingerprint density at radius 1 is 0.560 bits per heavy atom. The number of phenols is 1. The van der Waals surface area contributed by atoms with Gasteiger partial charge in [0.25, 0.3) is 0 Å². The summed E-state index contributed by atoms with van der Waals surface area (Å²) in [6.45, 7) is 3.19. The van der Waals surface area contributed by atoms with Crippen molar-refractivity contribution in [2.24, 2.45) is 28.9 Å². The predicted octanol–water partition coefficient (Wildman–Crippen LogP) is -7.19. The number of aliphatic hydroxyl groups is 4. The number of hydrogen-bond donors (Lipinski definition) is 25. The minimum atomic E-state index is -2.10. The minimum absolute atomic E-state index is 0.00697. The summed E-state index contributed by atoms with van der Waals surface area (Å²) < 4.78 is 0. The molecule has 3 aromatic rings. The molecule has 0 unspecified atom stereocenters. The number of aliphatic hydroxyl groups excluding tert-OH is 4. The molecule has 0 saturated carbocycles. The van der Waals surface area contributed by atoms with Crippen LogP contribution in [-0.4, -0.2) is 265 Å². The number of benzene rings is 2. The van der Waals surface area contributed by atoms with Gasteiger partial charge in [-0.2, -0.15) is 0 Å². The van der Waals surface area contributed by atoms with Crippen molar-refractivity contribution in [3.63, 3.8) is 0 Å². The first-order valence-corrected chi connectivity index (χ1v) is 35.9. The number of carboxylic acids is 2. The summed E-state index contributed by atoms with van der Waals surface area (Å²) in [7, 11) is 0. The molecule has 1 aromatic heterocycles. The number of aromatic nitrogens is 1. The van der Waals surface area contributed by atoms with Gasteiger partial charge in [-0.05, 0) is 126 Å². The molecule has 1 fully saturated rings. The molecule has 0 spiro atoms. The van der Waals surface area contributed by atoms with Crippen LogP contribution in [0.5, 0.6) is 5.75 Å². The molecule has 2 heterocycles. The normalized spacial score (nSPS) is 16.5. The van der Waals surface area contributed by atoms with Crippen LogP contribution in [0.25, 0.3) is 10.9 Å². The first-order valence-electron chi connectivity index (χ1n) is 35.9. The van der Waals surface area contributed by atoms with Crippen molar-refractivity contribution in [2.75, 3.05) is 45.9 Å². The van der Waals surface area contributed by atoms with E-state index in [0.717, 1.165) is 11.8 Å². The fraction of sp³-hybridized carbons (Fsp3) is 0.580. The molecule has 4 rings (SSSR count). The number of nitrogens with two attached hydrogens (primary N) is 4. The second kappa shape index (κ2) is 45.9. The maximum Gasteiger partial charge on any atom is 0.326 e. The number of guanidine groups is 1. The lowest BCUT2D eigenvalue weighted by Crippen LogP contribution is -2.63. The van der Waals surface area contributed by atoms with E-state index in [1.807, 2.05) is 0 Å². The molecule has 109 heavy (non-hydrogen) atoms. The van der Waals surface area contributed by atoms with Crippen molar-refractivity contribution in [2.45, 2.75) is 202 Å². The fourth-order valence-electron chi connectivity index (χ4n) is 11.8. The molecule has 29 N–H and O–H groups in total. The average Bonchev–Trinajstić information content (AvgIpc) is 1.79. The summed E-state index contributed by atoms with van der Waals surface area (Å²) in [5.74, 6) is -17.2. The van der Waals surface area contributed by atoms with Gasteiger partial charge in [0.2, 0.25) is 70.9 Å². The van der Waals surface area contributed by atoms with Crippen molar-refractivity contribution >= 4 is 99.7 Å². The molecule has 15 atom stereocenters. The quantitative estimate of drug-likeness (QED) is 0.0142. The Hall–Kier alpha value is -10.6. The lowest BCUT2D eigenvalue weighted by atomic mass is 9.96. The molecular formula is C69H107N19O21. The number of unbranched alkanes of at least 4 members (excludes halogenated alkanes) is 2. The molecule has 1 aliphatic rings. The minimum Gasteiger partial charge on any atom is -0.508 e. The zero-order valence-electron chi connectivity index (χ0n) is 61.3. The first-order chi connectivity index (χ1) is 51.7. The van der Waals surface area contributed by atoms with Crippen LogP contribution in [0.2, 0.25) is 0 Å². The largest absolute Gasteiger partial charge is 0.508 e. The number of carbonyl (C=O) groups excluding carboxylic acids is 12. The number of phenolic OH excluding ortho intramolecular Hbond substituents is 1. The molecule has 0 aliphatic carbocycles. The number of aliphatic carboxylic acids is 2. The molecule has 2 aromatic carbocycles. The van der Waals surface area contributed by atoms with Crippen molar-refractivity contribution in [3.05, 3.63) is 65.9 Å². The van der Waals surface area contributed by atoms with Gasteiger partial charge in [-0.15, -0.1) is 0 Å². The van der Waals surface area contributed by atoms with E-state index in [0.29, 0.717) is 29.3 Å². The van der Waals surface area contributed by atoms with Gasteiger partial charge in [0.05, 0.1) is 38.4 Å². The molecule has 40 heteroatoms. The number of hydrogen-bond acceptors (Lipinski definition) is 23. The third-order valence-electron chi connectivity index (χ3n) is 18.1. The second-order valence-corrected chi connectivity index (χ2v) is 26.6. The van der Waals surface area contributed by atoms with Gasteiger partial charge in [0.15, 0.2) is 5.96 Å². The van der Waals surface area contributed by atoms with Gasteiger partial charge in [-0.1, -0.05) is 50.6 Å². The van der Waals surface area contributed by atoms with Crippen molar-refractivity contribution in [1.29, 1.82) is 5.41 Å². The van der Waals surface area contributed by atoms with Crippen molar-refractivity contribution < 1.29 is 103 Å². The highest BCUT2D eigenvalue weighted by atomic mass is 16.4. The van der Waals surface area contributed by atoms with E-state index in [1.165, 1.54) is 31.2 Å². The molecule has 1 aliphatic heterocycles. The smallest absolute Gasteiger partial charge is 0.326 e. The van der Waals surface area contributed by atoms with Crippen LogP contribution in [0, 0.1) is 11.3 Å². The van der Waals surface area contributed by atoms with E-state index in [2.05, 4.69) is 68.8 Å². The summed E-state index contributed by atoms with van der Waals surface area (Å²) in [5, 5.41) is 109. The fourth-order valence-corrected chi connectivity index (χ4v) is 11.8. The van der Waals surface area contributed by atoms with Crippen LogP contribution in [0.15, 0.2) is 54.7 Å². The molecule has 0 radical (unpaired) electrons. The summed E-state index contributed by atoms with van der Waals surface area (Å²) in [6, 6.07) is -7.73. The summed E-state index contributed by atoms with van der Waals surface area (Å²) in [4.78, 5) is 198. The summed E-state index contributed by atoms with van der Waals surface area (Å²) in [5.41, 5.74) is 23.6. The van der Waals surface area contributed by atoms with Crippen LogP contribution in [-0.2, 0) is 80.0 Å². The highest BCUT2D eigenvalue weighted by Crippen LogP contribution is 2.23. The maximum atomic E-state index is 15.2. The number of amides is 12. The Morgan fingerprint density at radius 2 is 1.04 bits per heavy atom. The number of carbonyl (C=O) groups is 14. The Labute approximate surface area is 628 Å². The lowest BCUT2D eigenvalue weighted by molar-refractivity contribution is -0.143. The molecule has 604 valence electrons. The third kappa shape index (κ3) is 29.1. The number of rotatable bonds is 48. The topological polar surface area (TPSA) is 672 Å². The van der Waals surface area contributed by atoms with E-state index in [4.69, 9.17) is 28.3 Å². The second-order valence-electron chi connectivity index (χ2n) is 26.6. The number of aromatic amines is 1. The summed E-state index contributed by atoms with van der Waals surface area (Å²) >= 11 is 0. The molecule has 12 amide bonds. The number of carboxylic acid groups (broad SMARTS) is 2. The predicted molar refractivity (Wildman–Crippen MR) is 391 cm³/mol. The van der Waals surface area contributed by atoms with Crippen LogP contribution < -0.4 is 86.7 Å². The average molecular weight is 1540 g/mol. The van der Waals surface area contributed by atoms with Crippen LogP contribution in [0.1, 0.15) is 116 Å². The number of fused-ring (bicyclic) bond motifs is 1. The van der Waals surface area contributed by atoms with Crippen LogP contribution >= 0.6 is 0 Å². The van der Waals surface area contributed by atoms with E-state index >= 15 is 9.59 Å². The number of likely N-dealkylation sites (tertiary alicyclic amines) is 1. The third-order valence-corrected chi connectivity index (χ3v) is 18.1. The summed E-state index contributed by atoms with van der Waals surface area (Å²) in [6.07, 6.45) is -2.16. The molecule has 1 saturated heterocycles. The highest BCUT2D eigenvalue weighted by Gasteiger charge is 2.42. The van der Waals surface area contributed by atoms with Crippen LogP contribution in [0.4, 0.5) is 0 Å². The van der Waals surface area contributed by atoms with Crippen molar-refractivity contribution in [3.8, 4) is 5.75 Å². The van der Waals surface area contributed by atoms with Gasteiger partial charge >= 0.3 is 11.9 Å². The maximum absolute atomic E-state index is 15.2. The number of nitrogens with zero attached hydrogens (tertiary/aromatic N) is 1. The van der Waals surface area contributed by atoms with Gasteiger partial charge in [-0.3, -0.25) is 67.7 Å². The number of H-pyrrole nitrogens is 1. The lowest BCUT2D eigenvalue weighted by Gasteiger charge is -2.31. The number of para-hydroxylation sites is 1. The van der Waals surface area contributed by atoms with Gasteiger partial charge < -0.3 is 132 Å². The van der Waals surface area contributed by atoms with Crippen molar-refractivity contribution in [1.82, 2.24) is 73.7 Å². The van der Waals surface area contributed by atoms with Gasteiger partial charge in [0.1, 0.15) is 78.3 Å². The number of aromatic hydroxyl groups is 1. The Bertz CT molecular complexity index is 3600. The number of nitrogens with one attached hydrogen (secondary N) is 14. The van der Waals surface area contributed by atoms with E-state index in [9.17, 15) is 93.3 Å². The van der Waals surface area contributed by atoms with E-state index in [-0.39, 0.29) is 102 Å². The zero-order valence-corrected chi connectivity index (χ0v) is 61.3. The molecule has 40 nitrogen and oxygen atoms in total. The van der Waals surface area contributed by atoms with E-state index < -0.39 is 212 Å². The van der Waals surface area contributed by atoms with Gasteiger partial charge in [0, 0.05) is 43.0 Å². The highest BCUT2D eigenvalue weighted by molar-refractivity contribution is 6.01. The van der Waals surface area contributed by atoms with E-state index in [1.54, 1.807) is 44.3 Å².